The van der Waals surface area contributed by atoms with E-state index in [0.29, 0.717) is 0 Å². The largest absolute Gasteiger partial charge is 0.354 e. The Morgan fingerprint density at radius 2 is 0.821 bits per heavy atom. The molecule has 3 aromatic carbocycles. The van der Waals surface area contributed by atoms with Crippen molar-refractivity contribution in [3.05, 3.63) is 59.7 Å². The highest BCUT2D eigenvalue weighted by Gasteiger charge is 2.17. The summed E-state index contributed by atoms with van der Waals surface area (Å²) in [6, 6.07) is 18.3. The van der Waals surface area contributed by atoms with Crippen molar-refractivity contribution in [2.75, 3.05) is 0 Å². The Balaban J connectivity index is 1.77. The summed E-state index contributed by atoms with van der Waals surface area (Å²) in [4.78, 5) is 7.32. The Morgan fingerprint density at radius 3 is 1.18 bits per heavy atom. The van der Waals surface area contributed by atoms with E-state index in [0.717, 1.165) is 0 Å². The molecule has 28 heavy (non-hydrogen) atoms. The van der Waals surface area contributed by atoms with E-state index in [2.05, 4.69) is 100 Å². The minimum Gasteiger partial charge on any atom is -0.354 e. The van der Waals surface area contributed by atoms with Crippen LogP contribution in [-0.4, -0.2) is 9.97 Å². The van der Waals surface area contributed by atoms with Gasteiger partial charge in [0.15, 0.2) is 0 Å². The lowest BCUT2D eigenvalue weighted by Crippen LogP contribution is -2.10. The molecule has 5 aromatic rings. The molecule has 0 aliphatic heterocycles. The Labute approximate surface area is 165 Å². The quantitative estimate of drug-likeness (QED) is 0.283. The first-order valence-corrected chi connectivity index (χ1v) is 10.1. The number of hydrogen-bond acceptors (Lipinski definition) is 0. The third-order valence-electron chi connectivity index (χ3n) is 6.05. The van der Waals surface area contributed by atoms with Crippen LogP contribution >= 0.6 is 0 Å². The molecule has 0 saturated heterocycles. The average Bonchev–Trinajstić information content (AvgIpc) is 3.14. The predicted octanol–water partition coefficient (Wildman–Crippen LogP) is 7.55. The van der Waals surface area contributed by atoms with E-state index in [1.54, 1.807) is 0 Å². The Morgan fingerprint density at radius 1 is 0.464 bits per heavy atom. The number of aromatic nitrogens is 2. The SMILES string of the molecule is CC(C)(C)c1ccc2c(c1)[nH]c1cc3c(cc12)[nH]c1cc(C(C)(C)C)ccc13. The van der Waals surface area contributed by atoms with Crippen molar-refractivity contribution in [3.8, 4) is 0 Å². The topological polar surface area (TPSA) is 31.6 Å². The number of nitrogens with one attached hydrogen (secondary N) is 2. The van der Waals surface area contributed by atoms with Crippen molar-refractivity contribution < 1.29 is 0 Å². The van der Waals surface area contributed by atoms with Gasteiger partial charge in [0.05, 0.1) is 0 Å². The number of rotatable bonds is 0. The van der Waals surface area contributed by atoms with Gasteiger partial charge in [0, 0.05) is 43.6 Å². The molecular formula is C26H28N2. The number of fused-ring (bicyclic) bond motifs is 6. The van der Waals surface area contributed by atoms with Crippen LogP contribution in [-0.2, 0) is 10.8 Å². The highest BCUT2D eigenvalue weighted by Crippen LogP contribution is 2.36. The fourth-order valence-corrected chi connectivity index (χ4v) is 4.24. The highest BCUT2D eigenvalue weighted by molar-refractivity contribution is 6.17. The summed E-state index contributed by atoms with van der Waals surface area (Å²) in [5.74, 6) is 0. The minimum atomic E-state index is 0.151. The van der Waals surface area contributed by atoms with E-state index >= 15 is 0 Å². The first-order chi connectivity index (χ1) is 13.1. The second-order valence-electron chi connectivity index (χ2n) is 10.2. The molecule has 0 saturated carbocycles. The van der Waals surface area contributed by atoms with Crippen LogP contribution in [0.5, 0.6) is 0 Å². The molecule has 142 valence electrons. The molecule has 0 unspecified atom stereocenters. The van der Waals surface area contributed by atoms with Crippen molar-refractivity contribution in [1.82, 2.24) is 9.97 Å². The van der Waals surface area contributed by atoms with Gasteiger partial charge in [-0.2, -0.15) is 0 Å². The summed E-state index contributed by atoms with van der Waals surface area (Å²) in [7, 11) is 0. The zero-order valence-electron chi connectivity index (χ0n) is 17.6. The molecule has 2 nitrogen and oxygen atoms in total. The van der Waals surface area contributed by atoms with Crippen LogP contribution < -0.4 is 0 Å². The van der Waals surface area contributed by atoms with Crippen LogP contribution in [0.3, 0.4) is 0 Å². The summed E-state index contributed by atoms with van der Waals surface area (Å²) < 4.78 is 0. The number of H-pyrrole nitrogens is 2. The number of benzene rings is 3. The van der Waals surface area contributed by atoms with Gasteiger partial charge < -0.3 is 9.97 Å². The van der Waals surface area contributed by atoms with Crippen molar-refractivity contribution >= 4 is 43.6 Å². The van der Waals surface area contributed by atoms with Gasteiger partial charge in [0.1, 0.15) is 0 Å². The Bertz CT molecular complexity index is 1260. The highest BCUT2D eigenvalue weighted by atomic mass is 14.7. The monoisotopic (exact) mass is 368 g/mol. The van der Waals surface area contributed by atoms with Gasteiger partial charge in [-0.25, -0.2) is 0 Å². The molecule has 0 bridgehead atoms. The maximum Gasteiger partial charge on any atom is 0.0472 e. The third kappa shape index (κ3) is 2.55. The first kappa shape index (κ1) is 17.4. The molecule has 0 spiro atoms. The van der Waals surface area contributed by atoms with Crippen molar-refractivity contribution in [1.29, 1.82) is 0 Å². The van der Waals surface area contributed by atoms with Crippen LogP contribution in [0.1, 0.15) is 52.7 Å². The lowest BCUT2D eigenvalue weighted by atomic mass is 9.86. The third-order valence-corrected chi connectivity index (χ3v) is 6.05. The second kappa shape index (κ2) is 5.41. The van der Waals surface area contributed by atoms with E-state index in [1.165, 1.54) is 54.7 Å². The number of hydrogen-bond donors (Lipinski definition) is 2. The molecule has 0 atom stereocenters. The molecule has 2 N–H and O–H groups in total. The van der Waals surface area contributed by atoms with Gasteiger partial charge in [-0.15, -0.1) is 0 Å². The average molecular weight is 369 g/mol. The van der Waals surface area contributed by atoms with Gasteiger partial charge >= 0.3 is 0 Å². The van der Waals surface area contributed by atoms with Gasteiger partial charge in [0.2, 0.25) is 0 Å². The standard InChI is InChI=1S/C26H28N2/c1-25(2,3)15-7-9-17-19-13-24-20(14-23(19)27-21(17)11-15)18-10-8-16(26(4,5)6)12-22(18)28-24/h7-14,27-28H,1-6H3. The fourth-order valence-electron chi connectivity index (χ4n) is 4.24. The zero-order valence-corrected chi connectivity index (χ0v) is 17.6. The predicted molar refractivity (Wildman–Crippen MR) is 123 cm³/mol. The van der Waals surface area contributed by atoms with Gasteiger partial charge in [-0.1, -0.05) is 65.8 Å². The molecule has 0 aliphatic carbocycles. The van der Waals surface area contributed by atoms with Gasteiger partial charge in [0.25, 0.3) is 0 Å². The van der Waals surface area contributed by atoms with Gasteiger partial charge in [-0.05, 0) is 46.2 Å². The van der Waals surface area contributed by atoms with Crippen LogP contribution in [0.2, 0.25) is 0 Å². The molecule has 0 fully saturated rings. The molecule has 0 amide bonds. The van der Waals surface area contributed by atoms with E-state index in [-0.39, 0.29) is 10.8 Å². The van der Waals surface area contributed by atoms with Crippen molar-refractivity contribution in [2.45, 2.75) is 52.4 Å². The molecule has 0 radical (unpaired) electrons. The van der Waals surface area contributed by atoms with Crippen LogP contribution in [0.4, 0.5) is 0 Å². The van der Waals surface area contributed by atoms with Crippen molar-refractivity contribution in [3.63, 3.8) is 0 Å². The first-order valence-electron chi connectivity index (χ1n) is 10.1. The lowest BCUT2D eigenvalue weighted by Gasteiger charge is -2.18. The Hall–Kier alpha value is -2.74. The maximum atomic E-state index is 3.66. The van der Waals surface area contributed by atoms with E-state index in [9.17, 15) is 0 Å². The molecular weight excluding hydrogens is 340 g/mol. The van der Waals surface area contributed by atoms with E-state index in [1.807, 2.05) is 0 Å². The van der Waals surface area contributed by atoms with Gasteiger partial charge in [-0.3, -0.25) is 0 Å². The molecule has 2 heteroatoms. The maximum absolute atomic E-state index is 3.66. The fraction of sp³-hybridized carbons (Fsp3) is 0.308. The summed E-state index contributed by atoms with van der Waals surface area (Å²) in [5.41, 5.74) is 7.86. The molecule has 0 aliphatic rings. The normalized spacial score (nSPS) is 13.4. The summed E-state index contributed by atoms with van der Waals surface area (Å²) in [6.07, 6.45) is 0. The molecule has 2 heterocycles. The molecule has 5 rings (SSSR count). The minimum absolute atomic E-state index is 0.151. The lowest BCUT2D eigenvalue weighted by molar-refractivity contribution is 0.591. The van der Waals surface area contributed by atoms with Crippen LogP contribution in [0, 0.1) is 0 Å². The van der Waals surface area contributed by atoms with Crippen molar-refractivity contribution in [2.24, 2.45) is 0 Å². The summed E-state index contributed by atoms with van der Waals surface area (Å²) in [6.45, 7) is 13.6. The summed E-state index contributed by atoms with van der Waals surface area (Å²) in [5, 5.41) is 5.15. The summed E-state index contributed by atoms with van der Waals surface area (Å²) >= 11 is 0. The Kier molecular flexibility index (Phi) is 3.35. The van der Waals surface area contributed by atoms with E-state index in [4.69, 9.17) is 0 Å². The molecule has 2 aromatic heterocycles. The number of aromatic amines is 2. The van der Waals surface area contributed by atoms with E-state index < -0.39 is 0 Å². The van der Waals surface area contributed by atoms with Crippen LogP contribution in [0.25, 0.3) is 43.6 Å². The zero-order chi connectivity index (χ0) is 19.8. The smallest absolute Gasteiger partial charge is 0.0472 e. The van der Waals surface area contributed by atoms with Crippen LogP contribution in [0.15, 0.2) is 48.5 Å². The second-order valence-corrected chi connectivity index (χ2v) is 10.2.